The number of rotatable bonds is 8. The first-order chi connectivity index (χ1) is 17.3. The SMILES string of the molecule is COc1ccc(C[C@@H](NC(C)=O)C(=O)NC2CCN(C(=O)Nc3ccc(C#N)cc3)CC2)cc1OC. The number of carbonyl (C=O) groups is 3. The maximum absolute atomic E-state index is 13.0. The third-order valence-electron chi connectivity index (χ3n) is 5.98. The smallest absolute Gasteiger partial charge is 0.321 e. The summed E-state index contributed by atoms with van der Waals surface area (Å²) in [7, 11) is 3.09. The molecule has 0 spiro atoms. The van der Waals surface area contributed by atoms with Crippen LogP contribution in [0.4, 0.5) is 10.5 Å². The van der Waals surface area contributed by atoms with Gasteiger partial charge in [0.15, 0.2) is 11.5 Å². The molecule has 10 heteroatoms. The molecule has 1 atom stereocenters. The normalized spacial score (nSPS) is 14.2. The van der Waals surface area contributed by atoms with Crippen molar-refractivity contribution in [2.24, 2.45) is 0 Å². The Hall–Kier alpha value is -4.26. The van der Waals surface area contributed by atoms with Crippen LogP contribution in [0.5, 0.6) is 11.5 Å². The summed E-state index contributed by atoms with van der Waals surface area (Å²) in [6.07, 6.45) is 1.48. The Kier molecular flexibility index (Phi) is 9.11. The molecule has 3 rings (SSSR count). The van der Waals surface area contributed by atoms with Gasteiger partial charge in [0.05, 0.1) is 25.9 Å². The van der Waals surface area contributed by atoms with Gasteiger partial charge in [-0.2, -0.15) is 5.26 Å². The number of hydrogen-bond donors (Lipinski definition) is 3. The Morgan fingerprint density at radius 1 is 1.06 bits per heavy atom. The molecular weight excluding hydrogens is 462 g/mol. The standard InChI is InChI=1S/C26H31N5O5/c1-17(32)28-22(14-19-6-9-23(35-2)24(15-19)36-3)25(33)29-21-10-12-31(13-11-21)26(34)30-20-7-4-18(16-27)5-8-20/h4-9,15,21-22H,10-14H2,1-3H3,(H,28,32)(H,29,33)(H,30,34)/t22-/m1/s1. The van der Waals surface area contributed by atoms with Crippen molar-refractivity contribution in [3.8, 4) is 17.6 Å². The van der Waals surface area contributed by atoms with Gasteiger partial charge in [0, 0.05) is 38.2 Å². The molecule has 0 radical (unpaired) electrons. The van der Waals surface area contributed by atoms with E-state index < -0.39 is 6.04 Å². The van der Waals surface area contributed by atoms with Crippen molar-refractivity contribution in [3.05, 3.63) is 53.6 Å². The van der Waals surface area contributed by atoms with Crippen LogP contribution in [0.15, 0.2) is 42.5 Å². The number of methoxy groups -OCH3 is 2. The molecule has 0 aromatic heterocycles. The molecule has 2 aromatic rings. The van der Waals surface area contributed by atoms with Gasteiger partial charge in [-0.1, -0.05) is 6.07 Å². The van der Waals surface area contributed by atoms with E-state index in [1.54, 1.807) is 48.4 Å². The van der Waals surface area contributed by atoms with E-state index in [2.05, 4.69) is 16.0 Å². The Labute approximate surface area is 210 Å². The van der Waals surface area contributed by atoms with Gasteiger partial charge in [0.1, 0.15) is 6.04 Å². The van der Waals surface area contributed by atoms with E-state index in [4.69, 9.17) is 14.7 Å². The predicted molar refractivity (Wildman–Crippen MR) is 134 cm³/mol. The van der Waals surface area contributed by atoms with E-state index in [0.29, 0.717) is 48.7 Å². The van der Waals surface area contributed by atoms with Crippen LogP contribution in [0, 0.1) is 11.3 Å². The first-order valence-corrected chi connectivity index (χ1v) is 11.7. The second kappa shape index (κ2) is 12.4. The van der Waals surface area contributed by atoms with Gasteiger partial charge in [-0.25, -0.2) is 4.79 Å². The highest BCUT2D eigenvalue weighted by Gasteiger charge is 2.27. The molecule has 0 aliphatic carbocycles. The molecule has 3 N–H and O–H groups in total. The Balaban J connectivity index is 1.54. The summed E-state index contributed by atoms with van der Waals surface area (Å²) < 4.78 is 10.6. The average Bonchev–Trinajstić information content (AvgIpc) is 2.88. The summed E-state index contributed by atoms with van der Waals surface area (Å²) in [5, 5.41) is 17.5. The minimum Gasteiger partial charge on any atom is -0.493 e. The van der Waals surface area contributed by atoms with Gasteiger partial charge in [-0.3, -0.25) is 9.59 Å². The number of likely N-dealkylation sites (tertiary alicyclic amines) is 1. The molecule has 4 amide bonds. The van der Waals surface area contributed by atoms with E-state index in [-0.39, 0.29) is 30.3 Å². The first kappa shape index (κ1) is 26.3. The van der Waals surface area contributed by atoms with Gasteiger partial charge in [-0.05, 0) is 54.8 Å². The number of nitrogens with zero attached hydrogens (tertiary/aromatic N) is 2. The van der Waals surface area contributed by atoms with Crippen molar-refractivity contribution in [1.82, 2.24) is 15.5 Å². The summed E-state index contributed by atoms with van der Waals surface area (Å²) in [6.45, 7) is 2.33. The van der Waals surface area contributed by atoms with Crippen LogP contribution >= 0.6 is 0 Å². The lowest BCUT2D eigenvalue weighted by molar-refractivity contribution is -0.128. The summed E-state index contributed by atoms with van der Waals surface area (Å²) >= 11 is 0. The lowest BCUT2D eigenvalue weighted by atomic mass is 10.0. The molecule has 0 unspecified atom stereocenters. The van der Waals surface area contributed by atoms with Gasteiger partial charge < -0.3 is 30.3 Å². The predicted octanol–water partition coefficient (Wildman–Crippen LogP) is 2.44. The summed E-state index contributed by atoms with van der Waals surface area (Å²) in [5.41, 5.74) is 1.95. The molecule has 1 saturated heterocycles. The average molecular weight is 494 g/mol. The van der Waals surface area contributed by atoms with Gasteiger partial charge >= 0.3 is 6.03 Å². The van der Waals surface area contributed by atoms with Gasteiger partial charge in [0.2, 0.25) is 11.8 Å². The van der Waals surface area contributed by atoms with Crippen molar-refractivity contribution in [1.29, 1.82) is 5.26 Å². The molecule has 10 nitrogen and oxygen atoms in total. The number of anilines is 1. The third-order valence-corrected chi connectivity index (χ3v) is 5.98. The molecule has 0 saturated carbocycles. The third kappa shape index (κ3) is 7.12. The Bertz CT molecular complexity index is 1120. The van der Waals surface area contributed by atoms with Crippen LogP contribution in [0.25, 0.3) is 0 Å². The van der Waals surface area contributed by atoms with Crippen LogP contribution in [0.2, 0.25) is 0 Å². The lowest BCUT2D eigenvalue weighted by Gasteiger charge is -2.33. The topological polar surface area (TPSA) is 133 Å². The van der Waals surface area contributed by atoms with E-state index in [1.807, 2.05) is 12.1 Å². The molecule has 0 bridgehead atoms. The number of benzene rings is 2. The van der Waals surface area contributed by atoms with Crippen LogP contribution < -0.4 is 25.4 Å². The second-order valence-corrected chi connectivity index (χ2v) is 8.54. The first-order valence-electron chi connectivity index (χ1n) is 11.7. The highest BCUT2D eigenvalue weighted by atomic mass is 16.5. The Morgan fingerprint density at radius 2 is 1.72 bits per heavy atom. The van der Waals surface area contributed by atoms with E-state index >= 15 is 0 Å². The highest BCUT2D eigenvalue weighted by molar-refractivity contribution is 5.89. The van der Waals surface area contributed by atoms with Gasteiger partial charge in [0.25, 0.3) is 0 Å². The second-order valence-electron chi connectivity index (χ2n) is 8.54. The largest absolute Gasteiger partial charge is 0.493 e. The van der Waals surface area contributed by atoms with Crippen molar-refractivity contribution < 1.29 is 23.9 Å². The fraction of sp³-hybridized carbons (Fsp3) is 0.385. The van der Waals surface area contributed by atoms with E-state index in [9.17, 15) is 14.4 Å². The number of nitrogens with one attached hydrogen (secondary N) is 3. The van der Waals surface area contributed by atoms with E-state index in [0.717, 1.165) is 5.56 Å². The maximum atomic E-state index is 13.0. The highest BCUT2D eigenvalue weighted by Crippen LogP contribution is 2.28. The van der Waals surface area contributed by atoms with Crippen molar-refractivity contribution in [2.45, 2.75) is 38.3 Å². The fourth-order valence-electron chi connectivity index (χ4n) is 4.06. The minimum atomic E-state index is -0.752. The van der Waals surface area contributed by atoms with Crippen molar-refractivity contribution in [2.75, 3.05) is 32.6 Å². The van der Waals surface area contributed by atoms with Crippen LogP contribution in [-0.2, 0) is 16.0 Å². The zero-order valence-corrected chi connectivity index (χ0v) is 20.7. The number of urea groups is 1. The molecule has 190 valence electrons. The molecule has 1 heterocycles. The molecule has 1 aliphatic heterocycles. The number of ether oxygens (including phenoxy) is 2. The van der Waals surface area contributed by atoms with Crippen LogP contribution in [0.1, 0.15) is 30.9 Å². The summed E-state index contributed by atoms with van der Waals surface area (Å²) in [6, 6.07) is 13.0. The quantitative estimate of drug-likeness (QED) is 0.517. The zero-order valence-electron chi connectivity index (χ0n) is 20.7. The lowest BCUT2D eigenvalue weighted by Crippen LogP contribution is -2.53. The number of carbonyl (C=O) groups excluding carboxylic acids is 3. The molecule has 36 heavy (non-hydrogen) atoms. The molecule has 2 aromatic carbocycles. The summed E-state index contributed by atoms with van der Waals surface area (Å²) in [4.78, 5) is 39.1. The number of amides is 4. The fourth-order valence-corrected chi connectivity index (χ4v) is 4.06. The molecule has 1 fully saturated rings. The van der Waals surface area contributed by atoms with Crippen molar-refractivity contribution >= 4 is 23.5 Å². The minimum absolute atomic E-state index is 0.113. The number of nitriles is 1. The van der Waals surface area contributed by atoms with Gasteiger partial charge in [-0.15, -0.1) is 0 Å². The summed E-state index contributed by atoms with van der Waals surface area (Å²) in [5.74, 6) is 0.547. The molecule has 1 aliphatic rings. The van der Waals surface area contributed by atoms with Crippen molar-refractivity contribution in [3.63, 3.8) is 0 Å². The molecular formula is C26H31N5O5. The zero-order chi connectivity index (χ0) is 26.1. The maximum Gasteiger partial charge on any atom is 0.321 e. The monoisotopic (exact) mass is 493 g/mol. The number of piperidine rings is 1. The van der Waals surface area contributed by atoms with Crippen LogP contribution in [-0.4, -0.2) is 62.1 Å². The Morgan fingerprint density at radius 3 is 2.31 bits per heavy atom. The number of hydrogen-bond acceptors (Lipinski definition) is 6. The van der Waals surface area contributed by atoms with Crippen LogP contribution in [0.3, 0.4) is 0 Å². The van der Waals surface area contributed by atoms with E-state index in [1.165, 1.54) is 14.0 Å².